The van der Waals surface area contributed by atoms with Gasteiger partial charge in [-0.1, -0.05) is 23.5 Å². The highest BCUT2D eigenvalue weighted by Gasteiger charge is 2.13. The van der Waals surface area contributed by atoms with E-state index >= 15 is 0 Å². The number of carbonyl (C=O) groups excluding carboxylic acids is 1. The Balaban J connectivity index is 1.96. The number of nitrogens with one attached hydrogen (secondary N) is 1. The van der Waals surface area contributed by atoms with Crippen molar-refractivity contribution in [3.8, 4) is 5.75 Å². The van der Waals surface area contributed by atoms with E-state index in [9.17, 15) is 4.79 Å². The highest BCUT2D eigenvalue weighted by atomic mass is 79.9. The number of rotatable bonds is 4. The zero-order valence-electron chi connectivity index (χ0n) is 10.6. The summed E-state index contributed by atoms with van der Waals surface area (Å²) < 4.78 is 7.84. The number of thioether (sulfide) groups is 2. The Morgan fingerprint density at radius 1 is 1.50 bits per heavy atom. The molecule has 0 bridgehead atoms. The van der Waals surface area contributed by atoms with Crippen LogP contribution in [0, 0.1) is 0 Å². The summed E-state index contributed by atoms with van der Waals surface area (Å²) >= 11 is 9.99. The Labute approximate surface area is 142 Å². The van der Waals surface area contributed by atoms with E-state index in [1.54, 1.807) is 24.9 Å². The molecule has 0 unspecified atom stereocenters. The zero-order chi connectivity index (χ0) is 14.5. The van der Waals surface area contributed by atoms with Gasteiger partial charge in [0.2, 0.25) is 5.91 Å². The maximum atomic E-state index is 11.9. The van der Waals surface area contributed by atoms with Crippen LogP contribution in [0.1, 0.15) is 0 Å². The monoisotopic (exact) mass is 438 g/mol. The first kappa shape index (κ1) is 16.2. The molecule has 108 valence electrons. The van der Waals surface area contributed by atoms with Gasteiger partial charge < -0.3 is 10.1 Å². The molecule has 0 fully saturated rings. The molecule has 1 aliphatic rings. The number of nitrogens with zero attached hydrogens (tertiary/aromatic N) is 1. The largest absolute Gasteiger partial charge is 0.495 e. The number of aliphatic imine (C=N–C) groups is 1. The van der Waals surface area contributed by atoms with Gasteiger partial charge in [0, 0.05) is 16.3 Å². The van der Waals surface area contributed by atoms with Crippen molar-refractivity contribution >= 4 is 71.4 Å². The van der Waals surface area contributed by atoms with Crippen LogP contribution in [0.2, 0.25) is 0 Å². The van der Waals surface area contributed by atoms with E-state index in [0.29, 0.717) is 17.2 Å². The Hall–Kier alpha value is -0.180. The van der Waals surface area contributed by atoms with Crippen molar-refractivity contribution in [3.05, 3.63) is 21.1 Å². The first-order chi connectivity index (χ1) is 9.60. The lowest BCUT2D eigenvalue weighted by atomic mass is 10.3. The molecule has 0 saturated carbocycles. The molecule has 1 heterocycles. The molecule has 0 saturated heterocycles. The molecule has 0 atom stereocenters. The second-order valence-electron chi connectivity index (χ2n) is 3.80. The summed E-state index contributed by atoms with van der Waals surface area (Å²) in [4.78, 5) is 16.2. The molecule has 1 aliphatic heterocycles. The Morgan fingerprint density at radius 3 is 2.95 bits per heavy atom. The summed E-state index contributed by atoms with van der Waals surface area (Å²) in [6.07, 6.45) is 0. The van der Waals surface area contributed by atoms with E-state index in [1.807, 2.05) is 6.07 Å². The number of benzene rings is 1. The minimum absolute atomic E-state index is 0.0599. The van der Waals surface area contributed by atoms with Gasteiger partial charge in [-0.05, 0) is 37.9 Å². The van der Waals surface area contributed by atoms with Crippen LogP contribution < -0.4 is 10.1 Å². The minimum Gasteiger partial charge on any atom is -0.495 e. The average molecular weight is 440 g/mol. The van der Waals surface area contributed by atoms with Crippen molar-refractivity contribution in [2.24, 2.45) is 4.99 Å². The molecule has 0 radical (unpaired) electrons. The number of hydrogen-bond acceptors (Lipinski definition) is 5. The molecule has 8 heteroatoms. The third-order valence-corrected chi connectivity index (χ3v) is 5.93. The van der Waals surface area contributed by atoms with Crippen molar-refractivity contribution in [1.82, 2.24) is 0 Å². The first-order valence-electron chi connectivity index (χ1n) is 5.73. The average Bonchev–Trinajstić information content (AvgIpc) is 2.93. The van der Waals surface area contributed by atoms with Crippen LogP contribution in [0.5, 0.6) is 5.75 Å². The van der Waals surface area contributed by atoms with Crippen LogP contribution in [0.3, 0.4) is 0 Å². The highest BCUT2D eigenvalue weighted by Crippen LogP contribution is 2.34. The van der Waals surface area contributed by atoms with Gasteiger partial charge in [0.05, 0.1) is 29.6 Å². The Morgan fingerprint density at radius 2 is 2.30 bits per heavy atom. The molecule has 4 nitrogen and oxygen atoms in total. The Bertz CT molecular complexity index is 553. The third kappa shape index (κ3) is 4.41. The Kier molecular flexibility index (Phi) is 6.25. The summed E-state index contributed by atoms with van der Waals surface area (Å²) in [6.45, 7) is 0.851. The van der Waals surface area contributed by atoms with Crippen LogP contribution in [0.25, 0.3) is 0 Å². The van der Waals surface area contributed by atoms with Gasteiger partial charge in [-0.3, -0.25) is 9.79 Å². The van der Waals surface area contributed by atoms with Gasteiger partial charge >= 0.3 is 0 Å². The maximum Gasteiger partial charge on any atom is 0.234 e. The number of carbonyl (C=O) groups is 1. The number of amides is 1. The molecular formula is C12H12Br2N2O2S2. The summed E-state index contributed by atoms with van der Waals surface area (Å²) in [7, 11) is 1.59. The summed E-state index contributed by atoms with van der Waals surface area (Å²) in [6, 6.07) is 3.62. The number of ether oxygens (including phenoxy) is 1. The number of methoxy groups -OCH3 is 1. The molecule has 1 aromatic carbocycles. The van der Waals surface area contributed by atoms with Crippen LogP contribution in [-0.4, -0.2) is 35.4 Å². The van der Waals surface area contributed by atoms with E-state index in [4.69, 9.17) is 4.74 Å². The topological polar surface area (TPSA) is 50.7 Å². The van der Waals surface area contributed by atoms with Gasteiger partial charge in [-0.2, -0.15) is 0 Å². The van der Waals surface area contributed by atoms with Gasteiger partial charge in [-0.25, -0.2) is 0 Å². The van der Waals surface area contributed by atoms with Gasteiger partial charge in [0.15, 0.2) is 0 Å². The second kappa shape index (κ2) is 7.72. The standard InChI is InChI=1S/C12H12Br2N2O2S2/c1-18-10-5-9(7(13)4-8(10)14)16-11(17)6-20-12-15-2-3-19-12/h4-5H,2-3,6H2,1H3,(H,16,17). The molecule has 20 heavy (non-hydrogen) atoms. The molecule has 0 aromatic heterocycles. The normalized spacial score (nSPS) is 14.1. The van der Waals surface area contributed by atoms with Gasteiger partial charge in [0.1, 0.15) is 10.1 Å². The van der Waals surface area contributed by atoms with E-state index in [0.717, 1.165) is 25.6 Å². The van der Waals surface area contributed by atoms with Crippen LogP contribution >= 0.6 is 55.4 Å². The van der Waals surface area contributed by atoms with Crippen LogP contribution in [0.15, 0.2) is 26.1 Å². The minimum atomic E-state index is -0.0599. The van der Waals surface area contributed by atoms with Gasteiger partial charge in [-0.15, -0.1) is 0 Å². The summed E-state index contributed by atoms with van der Waals surface area (Å²) in [5, 5.41) is 2.86. The van der Waals surface area contributed by atoms with E-state index in [2.05, 4.69) is 42.2 Å². The molecule has 0 aliphatic carbocycles. The SMILES string of the molecule is COc1cc(NC(=O)CSC2=NCCS2)c(Br)cc1Br. The van der Waals surface area contributed by atoms with Crippen molar-refractivity contribution in [2.75, 3.05) is 30.5 Å². The van der Waals surface area contributed by atoms with Crippen molar-refractivity contribution < 1.29 is 9.53 Å². The molecule has 0 spiro atoms. The highest BCUT2D eigenvalue weighted by molar-refractivity contribution is 9.11. The quantitative estimate of drug-likeness (QED) is 0.770. The van der Waals surface area contributed by atoms with E-state index in [1.165, 1.54) is 11.8 Å². The van der Waals surface area contributed by atoms with E-state index in [-0.39, 0.29) is 5.91 Å². The first-order valence-corrected chi connectivity index (χ1v) is 9.29. The molecule has 1 N–H and O–H groups in total. The van der Waals surface area contributed by atoms with Crippen molar-refractivity contribution in [1.29, 1.82) is 0 Å². The molecule has 2 rings (SSSR count). The predicted octanol–water partition coefficient (Wildman–Crippen LogP) is 3.99. The lowest BCUT2D eigenvalue weighted by molar-refractivity contribution is -0.113. The fraction of sp³-hybridized carbons (Fsp3) is 0.333. The molecular weight excluding hydrogens is 428 g/mol. The predicted molar refractivity (Wildman–Crippen MR) is 94.2 cm³/mol. The zero-order valence-corrected chi connectivity index (χ0v) is 15.4. The number of anilines is 1. The molecule has 1 amide bonds. The molecule has 1 aromatic rings. The van der Waals surface area contributed by atoms with Crippen LogP contribution in [0.4, 0.5) is 5.69 Å². The summed E-state index contributed by atoms with van der Waals surface area (Å²) in [5.74, 6) is 1.98. The number of halogens is 2. The maximum absolute atomic E-state index is 11.9. The second-order valence-corrected chi connectivity index (χ2v) is 7.81. The van der Waals surface area contributed by atoms with Gasteiger partial charge in [0.25, 0.3) is 0 Å². The number of hydrogen-bond donors (Lipinski definition) is 1. The van der Waals surface area contributed by atoms with Crippen molar-refractivity contribution in [2.45, 2.75) is 0 Å². The van der Waals surface area contributed by atoms with E-state index < -0.39 is 0 Å². The fourth-order valence-corrected chi connectivity index (χ4v) is 4.56. The third-order valence-electron chi connectivity index (χ3n) is 2.40. The summed E-state index contributed by atoms with van der Waals surface area (Å²) in [5.41, 5.74) is 0.691. The van der Waals surface area contributed by atoms with Crippen LogP contribution in [-0.2, 0) is 4.79 Å². The lowest BCUT2D eigenvalue weighted by Gasteiger charge is -2.10. The smallest absolute Gasteiger partial charge is 0.234 e. The van der Waals surface area contributed by atoms with Crippen molar-refractivity contribution in [3.63, 3.8) is 0 Å². The lowest BCUT2D eigenvalue weighted by Crippen LogP contribution is -2.15. The fourth-order valence-electron chi connectivity index (χ4n) is 1.50.